The molecule has 186 valence electrons. The Bertz CT molecular complexity index is 1870. The number of amides is 1. The highest BCUT2D eigenvalue weighted by Crippen LogP contribution is 2.31. The summed E-state index contributed by atoms with van der Waals surface area (Å²) >= 11 is 0. The van der Waals surface area contributed by atoms with Gasteiger partial charge in [0.15, 0.2) is 11.5 Å². The van der Waals surface area contributed by atoms with Gasteiger partial charge in [-0.1, -0.05) is 36.3 Å². The standard InChI is InChI=1S/C29H24N8O/c1-19(32-29(38)25-27(30)34-36-16-7-15-31-28(25)36)24-18-21-9-6-8-20(12-13-22-14-17-35(2)33-22)26(21)37(24)23-10-4-3-5-11-23/h3-11,14-19H,1-2H3,(H2,30,34)(H,32,38)/t19-/m1/s1. The minimum Gasteiger partial charge on any atom is -0.381 e. The summed E-state index contributed by atoms with van der Waals surface area (Å²) in [6.45, 7) is 1.94. The monoisotopic (exact) mass is 500 g/mol. The van der Waals surface area contributed by atoms with Crippen molar-refractivity contribution in [3.63, 3.8) is 0 Å². The fourth-order valence-electron chi connectivity index (χ4n) is 4.63. The SMILES string of the molecule is C[C@@H](NC(=O)c1c(N)nn2cccnc12)c1cc2cccc(C#Cc3ccn(C)n3)c2n1-c1ccccc1. The van der Waals surface area contributed by atoms with E-state index in [1.54, 1.807) is 23.1 Å². The summed E-state index contributed by atoms with van der Waals surface area (Å²) < 4.78 is 5.37. The summed E-state index contributed by atoms with van der Waals surface area (Å²) in [5.74, 6) is 6.26. The third-order valence-electron chi connectivity index (χ3n) is 6.35. The van der Waals surface area contributed by atoms with Gasteiger partial charge in [-0.25, -0.2) is 9.50 Å². The molecule has 0 aliphatic carbocycles. The maximum absolute atomic E-state index is 13.4. The summed E-state index contributed by atoms with van der Waals surface area (Å²) in [7, 11) is 1.87. The summed E-state index contributed by atoms with van der Waals surface area (Å²) in [6, 6.07) is 21.4. The topological polar surface area (TPSA) is 108 Å². The van der Waals surface area contributed by atoms with Gasteiger partial charge in [-0.3, -0.25) is 9.48 Å². The van der Waals surface area contributed by atoms with Crippen LogP contribution in [-0.2, 0) is 7.05 Å². The number of para-hydroxylation sites is 2. The van der Waals surface area contributed by atoms with Crippen LogP contribution in [0.5, 0.6) is 0 Å². The Balaban J connectivity index is 1.45. The van der Waals surface area contributed by atoms with E-state index < -0.39 is 0 Å². The molecular formula is C29H24N8O. The van der Waals surface area contributed by atoms with Crippen LogP contribution >= 0.6 is 0 Å². The Labute approximate surface area is 218 Å². The molecule has 0 fully saturated rings. The van der Waals surface area contributed by atoms with Gasteiger partial charge < -0.3 is 15.6 Å². The van der Waals surface area contributed by atoms with Crippen LogP contribution in [0, 0.1) is 11.8 Å². The van der Waals surface area contributed by atoms with Crippen molar-refractivity contribution in [2.75, 3.05) is 5.73 Å². The summed E-state index contributed by atoms with van der Waals surface area (Å²) in [5.41, 5.74) is 11.1. The smallest absolute Gasteiger partial charge is 0.259 e. The average molecular weight is 501 g/mol. The van der Waals surface area contributed by atoms with Crippen molar-refractivity contribution in [1.82, 2.24) is 34.3 Å². The normalized spacial score (nSPS) is 11.8. The highest BCUT2D eigenvalue weighted by Gasteiger charge is 2.24. The van der Waals surface area contributed by atoms with Gasteiger partial charge >= 0.3 is 0 Å². The van der Waals surface area contributed by atoms with E-state index in [2.05, 4.69) is 43.0 Å². The number of carbonyl (C=O) groups is 1. The molecule has 9 heteroatoms. The number of nitrogens with zero attached hydrogens (tertiary/aromatic N) is 6. The first-order chi connectivity index (χ1) is 18.5. The molecule has 6 rings (SSSR count). The molecule has 0 unspecified atom stereocenters. The van der Waals surface area contributed by atoms with Crippen LogP contribution < -0.4 is 11.1 Å². The lowest BCUT2D eigenvalue weighted by Crippen LogP contribution is -2.28. The molecule has 0 saturated heterocycles. The lowest BCUT2D eigenvalue weighted by molar-refractivity contribution is 0.0941. The van der Waals surface area contributed by atoms with Gasteiger partial charge in [0, 0.05) is 48.0 Å². The van der Waals surface area contributed by atoms with Gasteiger partial charge in [0.25, 0.3) is 5.91 Å². The molecule has 38 heavy (non-hydrogen) atoms. The molecule has 6 aromatic rings. The second-order valence-corrected chi connectivity index (χ2v) is 8.95. The molecule has 0 bridgehead atoms. The van der Waals surface area contributed by atoms with Gasteiger partial charge in [0.05, 0.1) is 11.6 Å². The molecule has 0 radical (unpaired) electrons. The van der Waals surface area contributed by atoms with Crippen LogP contribution in [0.2, 0.25) is 0 Å². The number of carbonyl (C=O) groups excluding carboxylic acids is 1. The number of benzene rings is 2. The fraction of sp³-hybridized carbons (Fsp3) is 0.103. The number of nitrogens with two attached hydrogens (primary N) is 1. The Morgan fingerprint density at radius 3 is 2.63 bits per heavy atom. The quantitative estimate of drug-likeness (QED) is 0.357. The van der Waals surface area contributed by atoms with Crippen LogP contribution in [0.4, 0.5) is 5.82 Å². The van der Waals surface area contributed by atoms with E-state index in [0.717, 1.165) is 27.8 Å². The van der Waals surface area contributed by atoms with E-state index in [1.165, 1.54) is 4.52 Å². The van der Waals surface area contributed by atoms with Crippen LogP contribution in [0.15, 0.2) is 85.3 Å². The molecular weight excluding hydrogens is 476 g/mol. The molecule has 3 N–H and O–H groups in total. The first kappa shape index (κ1) is 23.1. The zero-order valence-corrected chi connectivity index (χ0v) is 20.8. The van der Waals surface area contributed by atoms with Crippen LogP contribution in [0.1, 0.15) is 40.3 Å². The highest BCUT2D eigenvalue weighted by atomic mass is 16.1. The number of hydrogen-bond donors (Lipinski definition) is 2. The third-order valence-corrected chi connectivity index (χ3v) is 6.35. The third kappa shape index (κ3) is 4.04. The van der Waals surface area contributed by atoms with E-state index in [0.29, 0.717) is 11.3 Å². The predicted octanol–water partition coefficient (Wildman–Crippen LogP) is 3.88. The number of aromatic nitrogens is 6. The molecule has 0 saturated carbocycles. The largest absolute Gasteiger partial charge is 0.381 e. The Morgan fingerprint density at radius 2 is 1.84 bits per heavy atom. The molecule has 0 aliphatic heterocycles. The minimum absolute atomic E-state index is 0.129. The van der Waals surface area contributed by atoms with E-state index in [-0.39, 0.29) is 23.3 Å². The Hall–Kier alpha value is -5.36. The number of nitrogen functional groups attached to an aromatic ring is 1. The van der Waals surface area contributed by atoms with E-state index in [1.807, 2.05) is 74.8 Å². The summed E-state index contributed by atoms with van der Waals surface area (Å²) in [5, 5.41) is 12.7. The number of nitrogens with one attached hydrogen (secondary N) is 1. The van der Waals surface area contributed by atoms with Crippen molar-refractivity contribution in [3.05, 3.63) is 108 Å². The van der Waals surface area contributed by atoms with Gasteiger partial charge in [-0.05, 0) is 49.2 Å². The maximum Gasteiger partial charge on any atom is 0.259 e. The second-order valence-electron chi connectivity index (χ2n) is 8.95. The number of aryl methyl sites for hydroxylation is 1. The van der Waals surface area contributed by atoms with E-state index in [4.69, 9.17) is 5.73 Å². The molecule has 2 aromatic carbocycles. The average Bonchev–Trinajstić information content (AvgIpc) is 3.62. The number of anilines is 1. The highest BCUT2D eigenvalue weighted by molar-refractivity contribution is 6.04. The van der Waals surface area contributed by atoms with Crippen LogP contribution in [-0.4, -0.2) is 34.9 Å². The molecule has 0 spiro atoms. The Morgan fingerprint density at radius 1 is 1.00 bits per heavy atom. The van der Waals surface area contributed by atoms with Gasteiger partial charge in [-0.2, -0.15) is 5.10 Å². The number of fused-ring (bicyclic) bond motifs is 2. The molecule has 4 aromatic heterocycles. The first-order valence-corrected chi connectivity index (χ1v) is 12.1. The molecule has 1 atom stereocenters. The summed E-state index contributed by atoms with van der Waals surface area (Å²) in [4.78, 5) is 17.7. The van der Waals surface area contributed by atoms with E-state index in [9.17, 15) is 4.79 Å². The van der Waals surface area contributed by atoms with Crippen LogP contribution in [0.3, 0.4) is 0 Å². The van der Waals surface area contributed by atoms with E-state index >= 15 is 0 Å². The van der Waals surface area contributed by atoms with Gasteiger partial charge in [0.2, 0.25) is 0 Å². The predicted molar refractivity (Wildman–Crippen MR) is 146 cm³/mol. The number of hydrogen-bond acceptors (Lipinski definition) is 5. The Kier molecular flexibility index (Phi) is 5.62. The van der Waals surface area contributed by atoms with Crippen molar-refractivity contribution in [1.29, 1.82) is 0 Å². The molecule has 4 heterocycles. The van der Waals surface area contributed by atoms with Gasteiger partial charge in [0.1, 0.15) is 11.3 Å². The van der Waals surface area contributed by atoms with Crippen LogP contribution in [0.25, 0.3) is 22.2 Å². The lowest BCUT2D eigenvalue weighted by atomic mass is 10.1. The van der Waals surface area contributed by atoms with Gasteiger partial charge in [-0.15, -0.1) is 5.10 Å². The summed E-state index contributed by atoms with van der Waals surface area (Å²) in [6.07, 6.45) is 5.18. The molecule has 0 aliphatic rings. The first-order valence-electron chi connectivity index (χ1n) is 12.1. The zero-order chi connectivity index (χ0) is 26.2. The number of rotatable bonds is 4. The molecule has 9 nitrogen and oxygen atoms in total. The van der Waals surface area contributed by atoms with Crippen molar-refractivity contribution >= 4 is 28.3 Å². The molecule has 1 amide bonds. The zero-order valence-electron chi connectivity index (χ0n) is 20.8. The fourth-order valence-corrected chi connectivity index (χ4v) is 4.63. The van der Waals surface area contributed by atoms with Crippen molar-refractivity contribution in [3.8, 4) is 17.5 Å². The van der Waals surface area contributed by atoms with Crippen molar-refractivity contribution in [2.24, 2.45) is 7.05 Å². The van der Waals surface area contributed by atoms with Crippen molar-refractivity contribution < 1.29 is 4.79 Å². The van der Waals surface area contributed by atoms with Crippen molar-refractivity contribution in [2.45, 2.75) is 13.0 Å². The maximum atomic E-state index is 13.4. The second kappa shape index (κ2) is 9.26. The lowest BCUT2D eigenvalue weighted by Gasteiger charge is -2.18. The minimum atomic E-state index is -0.371.